The monoisotopic (exact) mass is 229 g/mol. The summed E-state index contributed by atoms with van der Waals surface area (Å²) in [5.74, 6) is -1.09. The molecule has 0 aliphatic carbocycles. The minimum Gasteiger partial charge on any atom is -0.480 e. The fourth-order valence-corrected chi connectivity index (χ4v) is 1.44. The normalized spacial score (nSPS) is 13.1. The quantitative estimate of drug-likeness (QED) is 0.335. The number of hydrogen-bond acceptors (Lipinski definition) is 3. The number of carboxylic acids is 1. The number of unbranched alkanes of at least 4 members (excludes halogenated alkanes) is 1. The van der Waals surface area contributed by atoms with Crippen LogP contribution in [0.15, 0.2) is 0 Å². The number of carbonyl (C=O) groups is 1. The van der Waals surface area contributed by atoms with Crippen molar-refractivity contribution >= 4 is 13.6 Å². The molecule has 0 amide bonds. The zero-order valence-electron chi connectivity index (χ0n) is 7.59. The first-order valence-electron chi connectivity index (χ1n) is 3.86. The Bertz CT molecular complexity index is 214. The zero-order valence-corrected chi connectivity index (χ0v) is 8.48. The van der Waals surface area contributed by atoms with Crippen LogP contribution >= 0.6 is 7.60 Å². The van der Waals surface area contributed by atoms with Crippen LogP contribution in [-0.2, 0) is 9.36 Å². The third-order valence-electron chi connectivity index (χ3n) is 1.53. The van der Waals surface area contributed by atoms with E-state index in [1.807, 2.05) is 0 Å². The van der Waals surface area contributed by atoms with Crippen LogP contribution in [0.5, 0.6) is 0 Å². The maximum absolute atomic E-state index is 10.4. The first-order valence-corrected chi connectivity index (χ1v) is 5.65. The molecule has 0 aromatic heterocycles. The lowest BCUT2D eigenvalue weighted by Gasteiger charge is -2.06. The Labute approximate surface area is 81.4 Å². The minimum absolute atomic E-state index is 0. The third kappa shape index (κ3) is 9.63. The van der Waals surface area contributed by atoms with Crippen molar-refractivity contribution in [1.82, 2.24) is 0 Å². The Kier molecular flexibility index (Phi) is 7.90. The maximum Gasteiger partial charge on any atom is 0.325 e. The van der Waals surface area contributed by atoms with Gasteiger partial charge in [-0.3, -0.25) is 9.36 Å². The van der Waals surface area contributed by atoms with Crippen LogP contribution in [0.25, 0.3) is 0 Å². The molecule has 0 radical (unpaired) electrons. The molecular weight excluding hydrogens is 213 g/mol. The van der Waals surface area contributed by atoms with Crippen LogP contribution in [0.3, 0.4) is 0 Å². The van der Waals surface area contributed by atoms with Gasteiger partial charge in [0.25, 0.3) is 0 Å². The van der Waals surface area contributed by atoms with Crippen LogP contribution < -0.4 is 5.73 Å². The average Bonchev–Trinajstić information content (AvgIpc) is 1.95. The molecule has 1 unspecified atom stereocenters. The van der Waals surface area contributed by atoms with Gasteiger partial charge in [0.2, 0.25) is 0 Å². The molecular formula is C6H16NO6P. The van der Waals surface area contributed by atoms with Gasteiger partial charge in [0.05, 0.1) is 0 Å². The third-order valence-corrected chi connectivity index (χ3v) is 2.43. The second-order valence-electron chi connectivity index (χ2n) is 2.83. The summed E-state index contributed by atoms with van der Waals surface area (Å²) in [5.41, 5.74) is 5.17. The van der Waals surface area contributed by atoms with Crippen molar-refractivity contribution in [3.63, 3.8) is 0 Å². The summed E-state index contributed by atoms with van der Waals surface area (Å²) in [6.07, 6.45) is 0.749. The molecule has 0 spiro atoms. The van der Waals surface area contributed by atoms with E-state index in [1.165, 1.54) is 0 Å². The minimum atomic E-state index is -3.94. The van der Waals surface area contributed by atoms with Crippen molar-refractivity contribution in [3.8, 4) is 0 Å². The van der Waals surface area contributed by atoms with Crippen LogP contribution in [0.2, 0.25) is 0 Å². The highest BCUT2D eigenvalue weighted by Gasteiger charge is 2.14. The van der Waals surface area contributed by atoms with Crippen molar-refractivity contribution in [2.45, 2.75) is 25.3 Å². The molecule has 0 aliphatic heterocycles. The van der Waals surface area contributed by atoms with Gasteiger partial charge in [0.15, 0.2) is 0 Å². The first kappa shape index (κ1) is 16.0. The second-order valence-corrected chi connectivity index (χ2v) is 4.61. The Hall–Kier alpha value is -0.460. The fourth-order valence-electron chi connectivity index (χ4n) is 0.806. The maximum atomic E-state index is 10.4. The van der Waals surface area contributed by atoms with Gasteiger partial charge in [-0.15, -0.1) is 0 Å². The predicted molar refractivity (Wildman–Crippen MR) is 50.0 cm³/mol. The van der Waals surface area contributed by atoms with Crippen LogP contribution in [0, 0.1) is 0 Å². The van der Waals surface area contributed by atoms with Gasteiger partial charge < -0.3 is 26.1 Å². The molecule has 7 N–H and O–H groups in total. The van der Waals surface area contributed by atoms with Crippen molar-refractivity contribution in [3.05, 3.63) is 0 Å². The van der Waals surface area contributed by atoms with Gasteiger partial charge in [0, 0.05) is 6.16 Å². The molecule has 8 heteroatoms. The van der Waals surface area contributed by atoms with E-state index >= 15 is 0 Å². The van der Waals surface area contributed by atoms with Crippen LogP contribution in [0.1, 0.15) is 19.3 Å². The van der Waals surface area contributed by atoms with Crippen molar-refractivity contribution < 1.29 is 29.7 Å². The Balaban J connectivity index is 0. The highest BCUT2D eigenvalue weighted by atomic mass is 31.2. The molecule has 0 aromatic carbocycles. The number of carboxylic acid groups (broad SMARTS) is 1. The van der Waals surface area contributed by atoms with Gasteiger partial charge >= 0.3 is 13.6 Å². The highest BCUT2D eigenvalue weighted by molar-refractivity contribution is 7.51. The molecule has 0 rings (SSSR count). The molecule has 0 aromatic rings. The van der Waals surface area contributed by atoms with E-state index in [4.69, 9.17) is 20.6 Å². The summed E-state index contributed by atoms with van der Waals surface area (Å²) >= 11 is 0. The molecule has 0 aliphatic rings. The Morgan fingerprint density at radius 2 is 1.86 bits per heavy atom. The number of hydrogen-bond donors (Lipinski definition) is 4. The smallest absolute Gasteiger partial charge is 0.325 e. The second kappa shape index (κ2) is 6.92. The molecule has 0 saturated carbocycles. The van der Waals surface area contributed by atoms with Gasteiger partial charge in [-0.1, -0.05) is 6.42 Å². The average molecular weight is 229 g/mol. The highest BCUT2D eigenvalue weighted by Crippen LogP contribution is 2.35. The zero-order chi connectivity index (χ0) is 10.5. The van der Waals surface area contributed by atoms with Gasteiger partial charge in [-0.2, -0.15) is 0 Å². The van der Waals surface area contributed by atoms with Crippen molar-refractivity contribution in [2.24, 2.45) is 5.73 Å². The molecule has 0 saturated heterocycles. The van der Waals surface area contributed by atoms with Crippen molar-refractivity contribution in [1.29, 1.82) is 0 Å². The van der Waals surface area contributed by atoms with E-state index < -0.39 is 19.6 Å². The molecule has 7 nitrogen and oxygen atoms in total. The van der Waals surface area contributed by atoms with Gasteiger partial charge in [-0.05, 0) is 12.8 Å². The van der Waals surface area contributed by atoms with E-state index in [0.717, 1.165) is 0 Å². The van der Waals surface area contributed by atoms with E-state index in [1.54, 1.807) is 0 Å². The lowest BCUT2D eigenvalue weighted by atomic mass is 10.1. The number of aliphatic carboxylic acids is 1. The summed E-state index contributed by atoms with van der Waals surface area (Å²) in [7, 11) is -3.94. The Morgan fingerprint density at radius 3 is 2.21 bits per heavy atom. The Morgan fingerprint density at radius 1 is 1.36 bits per heavy atom. The molecule has 86 valence electrons. The standard InChI is InChI=1S/C6H14NO5P.H2O/c7-5(6(8)9)3-1-2-4-13(10,11)12;/h5H,1-4,7H2,(H,8,9)(H2,10,11,12);1H2. The lowest BCUT2D eigenvalue weighted by molar-refractivity contribution is -0.138. The molecule has 0 fully saturated rings. The van der Waals surface area contributed by atoms with Gasteiger partial charge in [0.1, 0.15) is 6.04 Å². The van der Waals surface area contributed by atoms with E-state index in [-0.39, 0.29) is 18.1 Å². The van der Waals surface area contributed by atoms with Crippen molar-refractivity contribution in [2.75, 3.05) is 6.16 Å². The lowest BCUT2D eigenvalue weighted by Crippen LogP contribution is -2.29. The SMILES string of the molecule is NC(CCCCP(=O)(O)O)C(=O)O.O. The van der Waals surface area contributed by atoms with E-state index in [0.29, 0.717) is 12.8 Å². The molecule has 0 heterocycles. The number of rotatable bonds is 6. The summed E-state index contributed by atoms with van der Waals surface area (Å²) in [5, 5.41) is 8.36. The topological polar surface area (TPSA) is 152 Å². The van der Waals surface area contributed by atoms with E-state index in [9.17, 15) is 9.36 Å². The summed E-state index contributed by atoms with van der Waals surface area (Å²) in [4.78, 5) is 27.1. The summed E-state index contributed by atoms with van der Waals surface area (Å²) < 4.78 is 10.4. The summed E-state index contributed by atoms with van der Waals surface area (Å²) in [6, 6.07) is -0.934. The molecule has 1 atom stereocenters. The summed E-state index contributed by atoms with van der Waals surface area (Å²) in [6.45, 7) is 0. The molecule has 0 bridgehead atoms. The fraction of sp³-hybridized carbons (Fsp3) is 0.833. The number of nitrogens with two attached hydrogens (primary N) is 1. The largest absolute Gasteiger partial charge is 0.480 e. The van der Waals surface area contributed by atoms with Gasteiger partial charge in [-0.25, -0.2) is 0 Å². The van der Waals surface area contributed by atoms with Crippen LogP contribution in [0.4, 0.5) is 0 Å². The predicted octanol–water partition coefficient (Wildman–Crippen LogP) is -1.08. The van der Waals surface area contributed by atoms with E-state index in [2.05, 4.69) is 0 Å². The van der Waals surface area contributed by atoms with Crippen LogP contribution in [-0.4, -0.2) is 38.5 Å². The first-order chi connectivity index (χ1) is 5.83. The molecule has 14 heavy (non-hydrogen) atoms.